The fourth-order valence-corrected chi connectivity index (χ4v) is 2.57. The lowest BCUT2D eigenvalue weighted by molar-refractivity contribution is 0.629. The molecule has 1 aromatic carbocycles. The van der Waals surface area contributed by atoms with Gasteiger partial charge in [0.25, 0.3) is 0 Å². The molecule has 2 aromatic heterocycles. The van der Waals surface area contributed by atoms with Crippen molar-refractivity contribution in [1.82, 2.24) is 19.5 Å². The quantitative estimate of drug-likeness (QED) is 0.690. The number of nitrogens with zero attached hydrogens (tertiary/aromatic N) is 4. The van der Waals surface area contributed by atoms with Crippen LogP contribution in [0.2, 0.25) is 5.02 Å². The van der Waals surface area contributed by atoms with Gasteiger partial charge in [-0.25, -0.2) is 19.3 Å². The summed E-state index contributed by atoms with van der Waals surface area (Å²) < 4.78 is 15.4. The van der Waals surface area contributed by atoms with E-state index in [0.29, 0.717) is 23.7 Å². The summed E-state index contributed by atoms with van der Waals surface area (Å²) in [5.74, 6) is 1.06. The fourth-order valence-electron chi connectivity index (χ4n) is 2.20. The van der Waals surface area contributed by atoms with E-state index in [9.17, 15) is 4.39 Å². The van der Waals surface area contributed by atoms with E-state index in [2.05, 4.69) is 15.0 Å². The van der Waals surface area contributed by atoms with Crippen LogP contribution in [0, 0.1) is 12.7 Å². The van der Waals surface area contributed by atoms with Gasteiger partial charge in [0, 0.05) is 12.3 Å². The van der Waals surface area contributed by atoms with Crippen LogP contribution >= 0.6 is 23.2 Å². The molecule has 0 amide bonds. The predicted molar refractivity (Wildman–Crippen MR) is 80.1 cm³/mol. The zero-order chi connectivity index (χ0) is 15.0. The topological polar surface area (TPSA) is 43.6 Å². The molecule has 0 aliphatic heterocycles. The third-order valence-electron chi connectivity index (χ3n) is 3.14. The molecule has 0 saturated heterocycles. The van der Waals surface area contributed by atoms with Gasteiger partial charge in [-0.15, -0.1) is 11.6 Å². The van der Waals surface area contributed by atoms with Crippen LogP contribution in [0.15, 0.2) is 24.4 Å². The molecule has 0 atom stereocenters. The van der Waals surface area contributed by atoms with E-state index in [0.717, 1.165) is 11.2 Å². The summed E-state index contributed by atoms with van der Waals surface area (Å²) in [7, 11) is 0. The summed E-state index contributed by atoms with van der Waals surface area (Å²) in [6, 6.07) is 4.70. The normalized spacial score (nSPS) is 11.2. The SMILES string of the molecule is Cc1nccc(Cn2c(CCl)nc3cc(F)c(Cl)cc32)n1. The smallest absolute Gasteiger partial charge is 0.144 e. The number of aromatic nitrogens is 4. The van der Waals surface area contributed by atoms with E-state index >= 15 is 0 Å². The first-order valence-corrected chi connectivity index (χ1v) is 7.18. The van der Waals surface area contributed by atoms with Crippen LogP contribution in [0.4, 0.5) is 4.39 Å². The maximum atomic E-state index is 13.5. The van der Waals surface area contributed by atoms with Crippen LogP contribution in [0.3, 0.4) is 0 Å². The Morgan fingerprint density at radius 3 is 2.81 bits per heavy atom. The lowest BCUT2D eigenvalue weighted by atomic mass is 10.3. The van der Waals surface area contributed by atoms with Crippen molar-refractivity contribution < 1.29 is 4.39 Å². The standard InChI is InChI=1S/C14H11Cl2FN4/c1-8-18-3-2-9(19-8)7-21-13-4-10(16)11(17)5-12(13)20-14(21)6-15/h2-5H,6-7H2,1H3. The number of hydrogen-bond acceptors (Lipinski definition) is 3. The maximum Gasteiger partial charge on any atom is 0.144 e. The Bertz CT molecular complexity index is 816. The highest BCUT2D eigenvalue weighted by atomic mass is 35.5. The van der Waals surface area contributed by atoms with Gasteiger partial charge in [-0.3, -0.25) is 0 Å². The molecule has 2 heterocycles. The highest BCUT2D eigenvalue weighted by molar-refractivity contribution is 6.31. The van der Waals surface area contributed by atoms with Gasteiger partial charge in [-0.2, -0.15) is 0 Å². The number of imidazole rings is 1. The van der Waals surface area contributed by atoms with Crippen LogP contribution < -0.4 is 0 Å². The van der Waals surface area contributed by atoms with Gasteiger partial charge >= 0.3 is 0 Å². The average molecular weight is 325 g/mol. The second-order valence-corrected chi connectivity index (χ2v) is 5.27. The minimum Gasteiger partial charge on any atom is -0.321 e. The highest BCUT2D eigenvalue weighted by Crippen LogP contribution is 2.25. The summed E-state index contributed by atoms with van der Waals surface area (Å²) >= 11 is 11.8. The molecule has 21 heavy (non-hydrogen) atoms. The second kappa shape index (κ2) is 5.58. The summed E-state index contributed by atoms with van der Waals surface area (Å²) in [4.78, 5) is 12.8. The van der Waals surface area contributed by atoms with Crippen molar-refractivity contribution in [3.8, 4) is 0 Å². The first-order valence-electron chi connectivity index (χ1n) is 6.27. The molecular formula is C14H11Cl2FN4. The molecule has 4 nitrogen and oxygen atoms in total. The van der Waals surface area contributed by atoms with Gasteiger partial charge in [-0.1, -0.05) is 11.6 Å². The van der Waals surface area contributed by atoms with Gasteiger partial charge in [0.1, 0.15) is 17.5 Å². The number of aryl methyl sites for hydroxylation is 1. The zero-order valence-electron chi connectivity index (χ0n) is 11.1. The molecule has 0 aliphatic carbocycles. The Kier molecular flexibility index (Phi) is 3.78. The third-order valence-corrected chi connectivity index (χ3v) is 3.67. The third kappa shape index (κ3) is 2.71. The van der Waals surface area contributed by atoms with E-state index < -0.39 is 5.82 Å². The number of alkyl halides is 1. The molecule has 0 fully saturated rings. The van der Waals surface area contributed by atoms with Crippen LogP contribution in [0.5, 0.6) is 0 Å². The summed E-state index contributed by atoms with van der Waals surface area (Å²) in [6.07, 6.45) is 1.70. The molecule has 0 spiro atoms. The van der Waals surface area contributed by atoms with Gasteiger partial charge in [0.05, 0.1) is 34.2 Å². The van der Waals surface area contributed by atoms with Crippen molar-refractivity contribution in [2.75, 3.05) is 0 Å². The monoisotopic (exact) mass is 324 g/mol. The first kappa shape index (κ1) is 14.2. The van der Waals surface area contributed by atoms with E-state index in [4.69, 9.17) is 23.2 Å². The van der Waals surface area contributed by atoms with Crippen LogP contribution in [0.1, 0.15) is 17.3 Å². The molecule has 0 bridgehead atoms. The molecule has 7 heteroatoms. The maximum absolute atomic E-state index is 13.5. The number of rotatable bonds is 3. The number of halogens is 3. The molecule has 0 aliphatic rings. The van der Waals surface area contributed by atoms with Crippen LogP contribution in [-0.4, -0.2) is 19.5 Å². The lowest BCUT2D eigenvalue weighted by Crippen LogP contribution is -2.06. The minimum atomic E-state index is -0.493. The zero-order valence-corrected chi connectivity index (χ0v) is 12.7. The Balaban J connectivity index is 2.14. The van der Waals surface area contributed by atoms with E-state index in [1.54, 1.807) is 12.3 Å². The molecule has 0 saturated carbocycles. The Labute approximate surface area is 130 Å². The Hall–Kier alpha value is -1.72. The Morgan fingerprint density at radius 2 is 2.10 bits per heavy atom. The number of benzene rings is 1. The molecule has 3 aromatic rings. The van der Waals surface area contributed by atoms with Crippen molar-refractivity contribution in [3.05, 3.63) is 52.6 Å². The molecule has 0 radical (unpaired) electrons. The van der Waals surface area contributed by atoms with E-state index in [1.807, 2.05) is 17.6 Å². The molecule has 0 unspecified atom stereocenters. The molecule has 108 valence electrons. The molecular weight excluding hydrogens is 314 g/mol. The minimum absolute atomic E-state index is 0.0589. The van der Waals surface area contributed by atoms with Crippen LogP contribution in [-0.2, 0) is 12.4 Å². The number of hydrogen-bond donors (Lipinski definition) is 0. The Morgan fingerprint density at radius 1 is 1.29 bits per heavy atom. The van der Waals surface area contributed by atoms with Gasteiger partial charge in [-0.05, 0) is 19.1 Å². The van der Waals surface area contributed by atoms with Gasteiger partial charge < -0.3 is 4.57 Å². The molecule has 0 N–H and O–H groups in total. The highest BCUT2D eigenvalue weighted by Gasteiger charge is 2.14. The van der Waals surface area contributed by atoms with E-state index in [1.165, 1.54) is 6.07 Å². The number of fused-ring (bicyclic) bond motifs is 1. The predicted octanol–water partition coefficient (Wildman–Crippen LogP) is 3.71. The van der Waals surface area contributed by atoms with Gasteiger partial charge in [0.2, 0.25) is 0 Å². The van der Waals surface area contributed by atoms with E-state index in [-0.39, 0.29) is 10.9 Å². The summed E-state index contributed by atoms with van der Waals surface area (Å²) in [5, 5.41) is 0.0589. The van der Waals surface area contributed by atoms with Crippen molar-refractivity contribution in [2.45, 2.75) is 19.3 Å². The van der Waals surface area contributed by atoms with Crippen molar-refractivity contribution in [2.24, 2.45) is 0 Å². The summed E-state index contributed by atoms with van der Waals surface area (Å²) in [6.45, 7) is 2.30. The lowest BCUT2D eigenvalue weighted by Gasteiger charge is -2.08. The fraction of sp³-hybridized carbons (Fsp3) is 0.214. The van der Waals surface area contributed by atoms with Crippen LogP contribution in [0.25, 0.3) is 11.0 Å². The first-order chi connectivity index (χ1) is 10.1. The van der Waals surface area contributed by atoms with Crippen molar-refractivity contribution in [1.29, 1.82) is 0 Å². The largest absolute Gasteiger partial charge is 0.321 e. The summed E-state index contributed by atoms with van der Waals surface area (Å²) in [5.41, 5.74) is 2.08. The second-order valence-electron chi connectivity index (χ2n) is 4.60. The van der Waals surface area contributed by atoms with Crippen molar-refractivity contribution >= 4 is 34.2 Å². The van der Waals surface area contributed by atoms with Crippen molar-refractivity contribution in [3.63, 3.8) is 0 Å². The van der Waals surface area contributed by atoms with Gasteiger partial charge in [0.15, 0.2) is 0 Å². The average Bonchev–Trinajstić information content (AvgIpc) is 2.77. The molecule has 3 rings (SSSR count).